The van der Waals surface area contributed by atoms with Crippen molar-refractivity contribution >= 4 is 26.4 Å². The molecule has 0 unspecified atom stereocenters. The van der Waals surface area contributed by atoms with Crippen LogP contribution in [0.1, 0.15) is 0 Å². The quantitative estimate of drug-likeness (QED) is 0.495. The van der Waals surface area contributed by atoms with E-state index in [1.807, 2.05) is 28.9 Å². The first-order valence-electron chi connectivity index (χ1n) is 3.86. The van der Waals surface area contributed by atoms with Crippen LogP contribution >= 0.6 is 11.3 Å². The molecule has 2 heterocycles. The molecule has 0 aliphatic carbocycles. The van der Waals surface area contributed by atoms with Crippen molar-refractivity contribution in [3.05, 3.63) is 36.8 Å². The lowest BCUT2D eigenvalue weighted by Gasteiger charge is -1.78. The molecule has 13 heavy (non-hydrogen) atoms. The van der Waals surface area contributed by atoms with Gasteiger partial charge in [-0.05, 0) is 16.6 Å². The highest BCUT2D eigenvalue weighted by atomic mass is 32.1. The van der Waals surface area contributed by atoms with Crippen molar-refractivity contribution in [1.29, 1.82) is 0 Å². The molecule has 0 aliphatic rings. The van der Waals surface area contributed by atoms with E-state index >= 15 is 0 Å². The van der Waals surface area contributed by atoms with Gasteiger partial charge in [0.1, 0.15) is 10.9 Å². The molecule has 0 aliphatic heterocycles. The number of nitrogens with zero attached hydrogens (tertiary/aromatic N) is 3. The Labute approximate surface area is 78.3 Å². The summed E-state index contributed by atoms with van der Waals surface area (Å²) in [7, 11) is 0. The van der Waals surface area contributed by atoms with E-state index in [9.17, 15) is 0 Å². The molecule has 3 nitrogen and oxygen atoms in total. The summed E-state index contributed by atoms with van der Waals surface area (Å²) in [5, 5.41) is 4.17. The lowest BCUT2D eigenvalue weighted by atomic mass is 10.3. The van der Waals surface area contributed by atoms with Gasteiger partial charge in [-0.3, -0.25) is 0 Å². The van der Waals surface area contributed by atoms with Gasteiger partial charge in [-0.15, -0.1) is 0 Å². The predicted molar refractivity (Wildman–Crippen MR) is 49.4 cm³/mol. The minimum Gasteiger partial charge on any atom is -0.231 e. The monoisotopic (exact) mass is 187 g/mol. The van der Waals surface area contributed by atoms with Crippen LogP contribution in [0.5, 0.6) is 0 Å². The van der Waals surface area contributed by atoms with Crippen LogP contribution in [0.25, 0.3) is 15.0 Å². The van der Waals surface area contributed by atoms with Crippen LogP contribution in [0.15, 0.2) is 30.7 Å². The zero-order valence-electron chi connectivity index (χ0n) is 6.64. The molecule has 3 aromatic rings. The van der Waals surface area contributed by atoms with E-state index in [4.69, 9.17) is 0 Å². The van der Waals surface area contributed by atoms with Gasteiger partial charge in [-0.2, -0.15) is 0 Å². The van der Waals surface area contributed by atoms with Gasteiger partial charge in [0.05, 0.1) is 0 Å². The van der Waals surface area contributed by atoms with Crippen molar-refractivity contribution in [1.82, 2.24) is 10.1 Å². The summed E-state index contributed by atoms with van der Waals surface area (Å²) in [4.78, 5) is 5.03. The van der Waals surface area contributed by atoms with E-state index in [1.165, 1.54) is 4.70 Å². The number of fused-ring (bicyclic) bond motifs is 3. The second kappa shape index (κ2) is 2.47. The molecule has 4 heteroatoms. The van der Waals surface area contributed by atoms with E-state index in [-0.39, 0.29) is 0 Å². The lowest BCUT2D eigenvalue weighted by molar-refractivity contribution is -0.550. The maximum atomic E-state index is 4.17. The van der Waals surface area contributed by atoms with Crippen molar-refractivity contribution in [2.75, 3.05) is 0 Å². The number of aromatic nitrogens is 3. The van der Waals surface area contributed by atoms with Gasteiger partial charge in [0.25, 0.3) is 5.52 Å². The number of hydrogen-bond donors (Lipinski definition) is 0. The Kier molecular flexibility index (Phi) is 1.31. The first-order chi connectivity index (χ1) is 6.45. The first kappa shape index (κ1) is 6.91. The highest BCUT2D eigenvalue weighted by molar-refractivity contribution is 7.23. The van der Waals surface area contributed by atoms with E-state index in [2.05, 4.69) is 16.1 Å². The maximum Gasteiger partial charge on any atom is 0.313 e. The minimum absolute atomic E-state index is 1.05. The van der Waals surface area contributed by atoms with Crippen LogP contribution in [0.4, 0.5) is 0 Å². The Hall–Kier alpha value is -1.55. The molecule has 0 atom stereocenters. The van der Waals surface area contributed by atoms with Crippen LogP contribution < -0.4 is 4.52 Å². The van der Waals surface area contributed by atoms with Gasteiger partial charge in [-0.1, -0.05) is 17.4 Å². The molecule has 0 spiro atoms. The van der Waals surface area contributed by atoms with Crippen LogP contribution in [0.3, 0.4) is 0 Å². The summed E-state index contributed by atoms with van der Waals surface area (Å²) in [5.41, 5.74) is 1.09. The zero-order valence-corrected chi connectivity index (χ0v) is 7.45. The number of benzene rings is 1. The molecule has 3 rings (SSSR count). The summed E-state index contributed by atoms with van der Waals surface area (Å²) < 4.78 is 3.09. The Morgan fingerprint density at radius 1 is 1.46 bits per heavy atom. The van der Waals surface area contributed by atoms with Crippen molar-refractivity contribution < 1.29 is 4.52 Å². The van der Waals surface area contributed by atoms with Crippen molar-refractivity contribution in [2.45, 2.75) is 0 Å². The summed E-state index contributed by atoms with van der Waals surface area (Å²) in [5.74, 6) is 0. The average Bonchev–Trinajstić information content (AvgIpc) is 2.56. The molecule has 0 amide bonds. The van der Waals surface area contributed by atoms with Crippen LogP contribution in [-0.4, -0.2) is 10.1 Å². The van der Waals surface area contributed by atoms with E-state index in [0.29, 0.717) is 0 Å². The van der Waals surface area contributed by atoms with Gasteiger partial charge in [0, 0.05) is 11.2 Å². The second-order valence-electron chi connectivity index (χ2n) is 2.66. The van der Waals surface area contributed by atoms with Gasteiger partial charge in [0.15, 0.2) is 6.33 Å². The normalized spacial score (nSPS) is 11.1. The average molecular weight is 187 g/mol. The van der Waals surface area contributed by atoms with Gasteiger partial charge < -0.3 is 0 Å². The molecular weight excluding hydrogens is 182 g/mol. The Morgan fingerprint density at radius 3 is 3.46 bits per heavy atom. The fraction of sp³-hybridized carbons (Fsp3) is 0. The van der Waals surface area contributed by atoms with E-state index in [1.54, 1.807) is 17.7 Å². The van der Waals surface area contributed by atoms with Crippen molar-refractivity contribution in [3.8, 4) is 0 Å². The van der Waals surface area contributed by atoms with Crippen LogP contribution in [-0.2, 0) is 0 Å². The van der Waals surface area contributed by atoms with E-state index in [0.717, 1.165) is 10.3 Å². The largest absolute Gasteiger partial charge is 0.313 e. The molecule has 0 saturated carbocycles. The molecule has 1 radical (unpaired) electrons. The third kappa shape index (κ3) is 0.922. The fourth-order valence-electron chi connectivity index (χ4n) is 1.31. The SMILES string of the molecule is [c]1ccc2sc3cncn[n+]3c2c1. The van der Waals surface area contributed by atoms with E-state index < -0.39 is 0 Å². The Bertz CT molecular complexity index is 523. The number of hydrogen-bond acceptors (Lipinski definition) is 3. The summed E-state index contributed by atoms with van der Waals surface area (Å²) in [6.07, 6.45) is 3.36. The smallest absolute Gasteiger partial charge is 0.231 e. The first-order valence-corrected chi connectivity index (χ1v) is 4.67. The Morgan fingerprint density at radius 2 is 2.46 bits per heavy atom. The molecule has 0 bridgehead atoms. The fourth-order valence-corrected chi connectivity index (χ4v) is 2.27. The number of rotatable bonds is 0. The second-order valence-corrected chi connectivity index (χ2v) is 3.72. The molecule has 0 fully saturated rings. The predicted octanol–water partition coefficient (Wildman–Crippen LogP) is 1.23. The van der Waals surface area contributed by atoms with Crippen LogP contribution in [0, 0.1) is 6.07 Å². The lowest BCUT2D eigenvalue weighted by Crippen LogP contribution is -2.23. The molecule has 0 saturated heterocycles. The topological polar surface area (TPSA) is 29.9 Å². The third-order valence-corrected chi connectivity index (χ3v) is 2.93. The van der Waals surface area contributed by atoms with Gasteiger partial charge in [-0.25, -0.2) is 4.98 Å². The molecule has 61 valence electrons. The maximum absolute atomic E-state index is 4.17. The zero-order chi connectivity index (χ0) is 8.67. The highest BCUT2D eigenvalue weighted by Gasteiger charge is 2.13. The Balaban J connectivity index is 2.64. The standard InChI is InChI=1S/C9H5N3S/c1-2-4-8-7(3-1)12-9(13-8)5-10-6-11-12/h2-6H/q+1. The molecule has 0 N–H and O–H groups in total. The summed E-state index contributed by atoms with van der Waals surface area (Å²) >= 11 is 1.68. The number of thiazole rings is 1. The summed E-state index contributed by atoms with van der Waals surface area (Å²) in [6.45, 7) is 0. The molecule has 1 aromatic carbocycles. The van der Waals surface area contributed by atoms with Gasteiger partial charge >= 0.3 is 4.83 Å². The third-order valence-electron chi connectivity index (χ3n) is 1.87. The minimum atomic E-state index is 1.05. The molecular formula is C9H5N3S+. The van der Waals surface area contributed by atoms with Crippen LogP contribution in [0.2, 0.25) is 0 Å². The van der Waals surface area contributed by atoms with Gasteiger partial charge in [0.2, 0.25) is 0 Å². The molecule has 2 aromatic heterocycles. The summed E-state index contributed by atoms with van der Waals surface area (Å²) in [6, 6.07) is 8.92. The highest BCUT2D eigenvalue weighted by Crippen LogP contribution is 2.18. The van der Waals surface area contributed by atoms with Crippen molar-refractivity contribution in [2.24, 2.45) is 0 Å². The van der Waals surface area contributed by atoms with Crippen molar-refractivity contribution in [3.63, 3.8) is 0 Å².